The number of tetrazole rings is 1. The number of carbonyl (C=O) groups excluding carboxylic acids is 1. The summed E-state index contributed by atoms with van der Waals surface area (Å²) in [5, 5.41) is 23.6. The van der Waals surface area contributed by atoms with Crippen LogP contribution in [0.3, 0.4) is 0 Å². The van der Waals surface area contributed by atoms with E-state index in [0.29, 0.717) is 25.1 Å². The first-order valence-electron chi connectivity index (χ1n) is 11.6. The molecule has 0 spiro atoms. The summed E-state index contributed by atoms with van der Waals surface area (Å²) in [5.74, 6) is 1.50. The number of aromatic nitrogens is 4. The van der Waals surface area contributed by atoms with Crippen molar-refractivity contribution in [1.82, 2.24) is 25.1 Å². The third-order valence-electron chi connectivity index (χ3n) is 6.65. The lowest BCUT2D eigenvalue weighted by molar-refractivity contribution is -0.147. The van der Waals surface area contributed by atoms with Crippen LogP contribution in [-0.4, -0.2) is 54.4 Å². The Morgan fingerprint density at radius 1 is 1.12 bits per heavy atom. The molecule has 8 heteroatoms. The standard InChI is InChI=1S/C25H29N5O3/c1-25(2)24(32)23(29-15-7-6-10-22(29)31)19-16-18(12-13-20(19)33-25)30-21(26-27-28-30)14-11-17-8-4-3-5-9-17/h3-5,8-9,12-13,16,23-24,32H,6-7,10-11,14-15H2,1-2H3. The van der Waals surface area contributed by atoms with E-state index in [0.717, 1.165) is 36.3 Å². The molecule has 0 radical (unpaired) electrons. The molecule has 33 heavy (non-hydrogen) atoms. The number of likely N-dealkylation sites (tertiary alicyclic amines) is 1. The van der Waals surface area contributed by atoms with Gasteiger partial charge in [-0.1, -0.05) is 30.3 Å². The van der Waals surface area contributed by atoms with E-state index in [1.54, 1.807) is 4.68 Å². The Bertz CT molecular complexity index is 1140. The Hall–Kier alpha value is -3.26. The first-order valence-corrected chi connectivity index (χ1v) is 11.6. The fourth-order valence-corrected chi connectivity index (χ4v) is 4.81. The summed E-state index contributed by atoms with van der Waals surface area (Å²) >= 11 is 0. The average molecular weight is 448 g/mol. The molecule has 3 heterocycles. The molecule has 2 aliphatic heterocycles. The van der Waals surface area contributed by atoms with Crippen LogP contribution in [-0.2, 0) is 17.6 Å². The molecule has 8 nitrogen and oxygen atoms in total. The minimum absolute atomic E-state index is 0.0744. The minimum Gasteiger partial charge on any atom is -0.485 e. The van der Waals surface area contributed by atoms with Gasteiger partial charge in [0, 0.05) is 24.9 Å². The third-order valence-corrected chi connectivity index (χ3v) is 6.65. The number of carbonyl (C=O) groups is 1. The van der Waals surface area contributed by atoms with Crippen LogP contribution in [0.4, 0.5) is 0 Å². The Balaban J connectivity index is 1.49. The van der Waals surface area contributed by atoms with Gasteiger partial charge in [-0.3, -0.25) is 4.79 Å². The molecule has 1 N–H and O–H groups in total. The lowest BCUT2D eigenvalue weighted by atomic mass is 9.84. The summed E-state index contributed by atoms with van der Waals surface area (Å²) < 4.78 is 7.87. The second kappa shape index (κ2) is 8.59. The van der Waals surface area contributed by atoms with E-state index >= 15 is 0 Å². The zero-order chi connectivity index (χ0) is 23.0. The number of amides is 1. The van der Waals surface area contributed by atoms with Crippen molar-refractivity contribution in [2.24, 2.45) is 0 Å². The van der Waals surface area contributed by atoms with Crippen LogP contribution in [0, 0.1) is 0 Å². The van der Waals surface area contributed by atoms with Gasteiger partial charge in [0.1, 0.15) is 17.5 Å². The van der Waals surface area contributed by atoms with Crippen LogP contribution in [0.25, 0.3) is 5.69 Å². The number of hydrogen-bond acceptors (Lipinski definition) is 6. The van der Waals surface area contributed by atoms with Gasteiger partial charge in [0.25, 0.3) is 0 Å². The van der Waals surface area contributed by atoms with Gasteiger partial charge in [-0.15, -0.1) is 5.10 Å². The number of nitrogens with zero attached hydrogens (tertiary/aromatic N) is 5. The number of piperidine rings is 1. The van der Waals surface area contributed by atoms with Gasteiger partial charge in [0.05, 0.1) is 11.7 Å². The largest absolute Gasteiger partial charge is 0.485 e. The molecule has 5 rings (SSSR count). The van der Waals surface area contributed by atoms with E-state index < -0.39 is 17.7 Å². The predicted octanol–water partition coefficient (Wildman–Crippen LogP) is 3.03. The average Bonchev–Trinajstić information content (AvgIpc) is 3.28. The van der Waals surface area contributed by atoms with Crippen molar-refractivity contribution in [3.05, 3.63) is 65.5 Å². The highest BCUT2D eigenvalue weighted by Gasteiger charge is 2.47. The quantitative estimate of drug-likeness (QED) is 0.646. The summed E-state index contributed by atoms with van der Waals surface area (Å²) in [4.78, 5) is 14.6. The summed E-state index contributed by atoms with van der Waals surface area (Å²) in [6.07, 6.45) is 2.99. The van der Waals surface area contributed by atoms with Crippen molar-refractivity contribution in [3.63, 3.8) is 0 Å². The summed E-state index contributed by atoms with van der Waals surface area (Å²) in [5.41, 5.74) is 1.98. The van der Waals surface area contributed by atoms with E-state index in [1.165, 1.54) is 5.56 Å². The van der Waals surface area contributed by atoms with Crippen molar-refractivity contribution in [1.29, 1.82) is 0 Å². The molecular formula is C25H29N5O3. The van der Waals surface area contributed by atoms with Crippen molar-refractivity contribution in [2.45, 2.75) is 63.7 Å². The predicted molar refractivity (Wildman–Crippen MR) is 122 cm³/mol. The van der Waals surface area contributed by atoms with E-state index in [4.69, 9.17) is 4.74 Å². The number of aliphatic hydroxyl groups excluding tert-OH is 1. The third kappa shape index (κ3) is 4.11. The molecule has 0 saturated carbocycles. The summed E-state index contributed by atoms with van der Waals surface area (Å²) in [7, 11) is 0. The molecule has 1 fully saturated rings. The lowest BCUT2D eigenvalue weighted by Gasteiger charge is -2.47. The zero-order valence-corrected chi connectivity index (χ0v) is 19.0. The highest BCUT2D eigenvalue weighted by molar-refractivity contribution is 5.77. The Kier molecular flexibility index (Phi) is 5.62. The zero-order valence-electron chi connectivity index (χ0n) is 19.0. The lowest BCUT2D eigenvalue weighted by Crippen LogP contribution is -2.55. The first-order chi connectivity index (χ1) is 15.9. The molecule has 0 aliphatic carbocycles. The number of rotatable bonds is 5. The smallest absolute Gasteiger partial charge is 0.223 e. The number of hydrogen-bond donors (Lipinski definition) is 1. The molecule has 1 aromatic heterocycles. The molecule has 172 valence electrons. The molecule has 3 aromatic rings. The second-order valence-electron chi connectivity index (χ2n) is 9.35. The van der Waals surface area contributed by atoms with Gasteiger partial charge in [-0.2, -0.15) is 4.68 Å². The topological polar surface area (TPSA) is 93.4 Å². The first kappa shape index (κ1) is 21.6. The van der Waals surface area contributed by atoms with Crippen molar-refractivity contribution >= 4 is 5.91 Å². The van der Waals surface area contributed by atoms with Gasteiger partial charge < -0.3 is 14.7 Å². The molecule has 2 aromatic carbocycles. The normalized spacial score (nSPS) is 22.0. The summed E-state index contributed by atoms with van der Waals surface area (Å²) in [6, 6.07) is 15.5. The highest BCUT2D eigenvalue weighted by Crippen LogP contribution is 2.44. The number of aliphatic hydroxyl groups is 1. The van der Waals surface area contributed by atoms with Gasteiger partial charge in [0.15, 0.2) is 5.82 Å². The molecular weight excluding hydrogens is 418 g/mol. The Labute approximate surface area is 193 Å². The maximum atomic E-state index is 12.8. The van der Waals surface area contributed by atoms with Crippen molar-refractivity contribution < 1.29 is 14.6 Å². The van der Waals surface area contributed by atoms with Crippen LogP contribution >= 0.6 is 0 Å². The van der Waals surface area contributed by atoms with Crippen LogP contribution in [0.2, 0.25) is 0 Å². The molecule has 2 unspecified atom stereocenters. The molecule has 1 saturated heterocycles. The minimum atomic E-state index is -0.853. The number of ether oxygens (including phenoxy) is 1. The van der Waals surface area contributed by atoms with Crippen LogP contribution < -0.4 is 4.74 Å². The van der Waals surface area contributed by atoms with Gasteiger partial charge in [-0.05, 0) is 67.3 Å². The van der Waals surface area contributed by atoms with Gasteiger partial charge in [0.2, 0.25) is 5.91 Å². The van der Waals surface area contributed by atoms with Crippen molar-refractivity contribution in [3.8, 4) is 11.4 Å². The number of aryl methyl sites for hydroxylation is 2. The molecule has 1 amide bonds. The van der Waals surface area contributed by atoms with Gasteiger partial charge >= 0.3 is 0 Å². The van der Waals surface area contributed by atoms with Crippen LogP contribution in [0.1, 0.15) is 56.1 Å². The van der Waals surface area contributed by atoms with Crippen LogP contribution in [0.15, 0.2) is 48.5 Å². The van der Waals surface area contributed by atoms with E-state index in [1.807, 2.05) is 55.1 Å². The maximum absolute atomic E-state index is 12.8. The molecule has 2 aliphatic rings. The molecule has 2 atom stereocenters. The van der Waals surface area contributed by atoms with Crippen molar-refractivity contribution in [2.75, 3.05) is 6.54 Å². The Morgan fingerprint density at radius 3 is 2.73 bits per heavy atom. The maximum Gasteiger partial charge on any atom is 0.223 e. The fraction of sp³-hybridized carbons (Fsp3) is 0.440. The van der Waals surface area contributed by atoms with E-state index in [-0.39, 0.29) is 5.91 Å². The molecule has 0 bridgehead atoms. The van der Waals surface area contributed by atoms with E-state index in [2.05, 4.69) is 27.7 Å². The SMILES string of the molecule is CC1(C)Oc2ccc(-n3nnnc3CCc3ccccc3)cc2C(N2CCCCC2=O)C1O. The summed E-state index contributed by atoms with van der Waals surface area (Å²) in [6.45, 7) is 4.35. The highest BCUT2D eigenvalue weighted by atomic mass is 16.5. The monoisotopic (exact) mass is 447 g/mol. The van der Waals surface area contributed by atoms with Crippen LogP contribution in [0.5, 0.6) is 5.75 Å². The van der Waals surface area contributed by atoms with E-state index in [9.17, 15) is 9.90 Å². The number of benzene rings is 2. The second-order valence-corrected chi connectivity index (χ2v) is 9.35. The Morgan fingerprint density at radius 2 is 1.94 bits per heavy atom. The number of fused-ring (bicyclic) bond motifs is 1. The van der Waals surface area contributed by atoms with Gasteiger partial charge in [-0.25, -0.2) is 0 Å². The fourth-order valence-electron chi connectivity index (χ4n) is 4.81.